The highest BCUT2D eigenvalue weighted by Gasteiger charge is 2.39. The summed E-state index contributed by atoms with van der Waals surface area (Å²) in [5.41, 5.74) is 7.44. The first-order valence-corrected chi connectivity index (χ1v) is 27.4. The summed E-state index contributed by atoms with van der Waals surface area (Å²) in [4.78, 5) is 69.8. The van der Waals surface area contributed by atoms with Gasteiger partial charge in [0.1, 0.15) is 23.1 Å². The van der Waals surface area contributed by atoms with Crippen LogP contribution in [0.1, 0.15) is 54.1 Å². The Balaban J connectivity index is 0.689. The number of aryl methyl sites for hydroxylation is 1. The van der Waals surface area contributed by atoms with Gasteiger partial charge in [0.25, 0.3) is 5.91 Å². The third kappa shape index (κ3) is 10.8. The second kappa shape index (κ2) is 21.1. The number of imide groups is 1. The fraction of sp³-hybridized carbons (Fsp3) is 0.460. The fourth-order valence-corrected chi connectivity index (χ4v) is 11.6. The van der Waals surface area contributed by atoms with E-state index in [0.717, 1.165) is 121 Å². The molecule has 0 radical (unpaired) electrons. The number of aromatic nitrogens is 4. The van der Waals surface area contributed by atoms with Gasteiger partial charge in [0, 0.05) is 139 Å². The van der Waals surface area contributed by atoms with Crippen molar-refractivity contribution in [3.05, 3.63) is 82.2 Å². The van der Waals surface area contributed by atoms with Crippen LogP contribution in [0.3, 0.4) is 0 Å². The van der Waals surface area contributed by atoms with E-state index in [-0.39, 0.29) is 29.8 Å². The molecule has 5 aliphatic heterocycles. The smallest absolute Gasteiger partial charge is 0.255 e. The van der Waals surface area contributed by atoms with Crippen molar-refractivity contribution in [3.8, 4) is 5.75 Å². The van der Waals surface area contributed by atoms with Crippen molar-refractivity contribution >= 4 is 94.9 Å². The summed E-state index contributed by atoms with van der Waals surface area (Å²) in [6.07, 6.45) is 9.42. The number of benzene rings is 3. The van der Waals surface area contributed by atoms with Crippen molar-refractivity contribution in [2.45, 2.75) is 57.7 Å². The molecule has 0 bridgehead atoms. The van der Waals surface area contributed by atoms with Gasteiger partial charge in [-0.2, -0.15) is 4.98 Å². The Morgan fingerprint density at radius 3 is 2.26 bits per heavy atom. The third-order valence-electron chi connectivity index (χ3n) is 14.7. The van der Waals surface area contributed by atoms with E-state index in [9.17, 15) is 22.8 Å². The van der Waals surface area contributed by atoms with Crippen molar-refractivity contribution < 1.29 is 27.5 Å². The summed E-state index contributed by atoms with van der Waals surface area (Å²) >= 11 is 3.55. The molecule has 5 aromatic rings. The molecular formula is C50H61BrN14O6S. The number of amides is 3. The molecule has 4 saturated heterocycles. The van der Waals surface area contributed by atoms with Crippen molar-refractivity contribution in [2.75, 3.05) is 117 Å². The maximum atomic E-state index is 13.2. The topological polar surface area (TPSA) is 214 Å². The largest absolute Gasteiger partial charge is 0.494 e. The number of methoxy groups -OCH3 is 1. The van der Waals surface area contributed by atoms with Crippen LogP contribution >= 0.6 is 15.9 Å². The molecule has 7 heterocycles. The van der Waals surface area contributed by atoms with Crippen LogP contribution in [0.15, 0.2) is 65.5 Å². The van der Waals surface area contributed by atoms with Gasteiger partial charge in [0.05, 0.1) is 40.4 Å². The van der Waals surface area contributed by atoms with Gasteiger partial charge >= 0.3 is 0 Å². The maximum Gasteiger partial charge on any atom is 0.255 e. The van der Waals surface area contributed by atoms with Crippen LogP contribution < -0.4 is 35.2 Å². The Hall–Kier alpha value is -6.20. The minimum absolute atomic E-state index is 0.136. The van der Waals surface area contributed by atoms with Crippen LogP contribution in [0.5, 0.6) is 5.75 Å². The molecule has 0 aliphatic carbocycles. The van der Waals surface area contributed by atoms with Gasteiger partial charge in [-0.1, -0.05) is 6.92 Å². The van der Waals surface area contributed by atoms with Crippen molar-refractivity contribution in [2.24, 2.45) is 0 Å². The number of nitrogens with one attached hydrogen (secondary N) is 4. The van der Waals surface area contributed by atoms with Crippen LogP contribution in [-0.2, 0) is 32.6 Å². The maximum absolute atomic E-state index is 13.2. The van der Waals surface area contributed by atoms with Crippen molar-refractivity contribution in [1.82, 2.24) is 44.9 Å². The van der Waals surface area contributed by atoms with Gasteiger partial charge in [0.2, 0.25) is 27.8 Å². The van der Waals surface area contributed by atoms with E-state index in [1.54, 1.807) is 36.5 Å². The van der Waals surface area contributed by atoms with E-state index in [0.29, 0.717) is 63.3 Å². The summed E-state index contributed by atoms with van der Waals surface area (Å²) in [7, 11) is -1.98. The molecule has 0 saturated carbocycles. The van der Waals surface area contributed by atoms with Gasteiger partial charge in [0.15, 0.2) is 0 Å². The average molecular weight is 1070 g/mol. The number of piperazine rings is 2. The Morgan fingerprint density at radius 2 is 1.56 bits per heavy atom. The molecule has 0 spiro atoms. The van der Waals surface area contributed by atoms with Crippen molar-refractivity contribution in [1.29, 1.82) is 0 Å². The van der Waals surface area contributed by atoms with Crippen LogP contribution in [0.25, 0.3) is 11.0 Å². The summed E-state index contributed by atoms with van der Waals surface area (Å²) in [5.74, 6) is 0.613. The monoisotopic (exact) mass is 1060 g/mol. The van der Waals surface area contributed by atoms with E-state index in [4.69, 9.17) is 9.72 Å². The molecule has 380 valence electrons. The first-order chi connectivity index (χ1) is 34.8. The highest BCUT2D eigenvalue weighted by atomic mass is 79.9. The zero-order valence-electron chi connectivity index (χ0n) is 40.9. The van der Waals surface area contributed by atoms with E-state index >= 15 is 0 Å². The van der Waals surface area contributed by atoms with Crippen LogP contribution in [0, 0.1) is 0 Å². The van der Waals surface area contributed by atoms with E-state index in [1.165, 1.54) is 17.4 Å². The summed E-state index contributed by atoms with van der Waals surface area (Å²) in [5, 5.41) is 9.01. The Bertz CT molecular complexity index is 2980. The molecule has 72 heavy (non-hydrogen) atoms. The summed E-state index contributed by atoms with van der Waals surface area (Å²) < 4.78 is 33.9. The van der Waals surface area contributed by atoms with E-state index < -0.39 is 16.1 Å². The number of nitrogens with zero attached hydrogens (tertiary/aromatic N) is 10. The molecular weight excluding hydrogens is 1000 g/mol. The number of fused-ring (bicyclic) bond motifs is 2. The van der Waals surface area contributed by atoms with Gasteiger partial charge in [-0.3, -0.25) is 49.1 Å². The molecule has 4 fully saturated rings. The minimum Gasteiger partial charge on any atom is -0.494 e. The molecule has 3 aromatic carbocycles. The molecule has 5 aliphatic rings. The molecule has 4 N–H and O–H groups in total. The number of rotatable bonds is 15. The number of hydrogen-bond donors (Lipinski definition) is 4. The van der Waals surface area contributed by atoms with Gasteiger partial charge in [-0.05, 0) is 89.1 Å². The molecule has 0 unspecified atom stereocenters. The predicted octanol–water partition coefficient (Wildman–Crippen LogP) is 4.78. The third-order valence-corrected chi connectivity index (χ3v) is 15.8. The fourth-order valence-electron chi connectivity index (χ4n) is 10.7. The Kier molecular flexibility index (Phi) is 14.5. The quantitative estimate of drug-likeness (QED) is 0.104. The number of ether oxygens (including phenoxy) is 1. The standard InChI is InChI=1S/C50H61BrN14O6S/c1-4-32-28-40(56-50-54-30-37(51)47(58-50)55-39-8-7-38-45(53-14-13-52-38)46(39)59-72(3,69)70)43(71-2)29-42(32)64-15-11-34(12-16-64)62-23-19-60(20-24-62)17-18-61-21-25-63(26-22-61)35-5-6-36-33(27-35)31-65(49(36)68)41-9-10-44(66)57-48(41)67/h5-8,13-14,27-30,34,41,59H,4,9-12,15-26,31H2,1-3H3,(H,57,66,67)(H2,54,55,56,58)/t41-/m0/s1. The lowest BCUT2D eigenvalue weighted by Gasteiger charge is -2.44. The normalized spacial score (nSPS) is 19.7. The number of hydrogen-bond acceptors (Lipinski definition) is 17. The number of anilines is 7. The molecule has 1 atom stereocenters. The van der Waals surface area contributed by atoms with Crippen LogP contribution in [0.4, 0.5) is 40.2 Å². The predicted molar refractivity (Wildman–Crippen MR) is 281 cm³/mol. The lowest BCUT2D eigenvalue weighted by molar-refractivity contribution is -0.136. The SMILES string of the molecule is CCc1cc(Nc2ncc(Br)c(Nc3ccc4nccnc4c3NS(C)(=O)=O)n2)c(OC)cc1N1CCC(N2CCN(CCN3CCN(c4ccc5c(c4)CN([C@H]4CCC(=O)NC4=O)C5=O)CC3)CC2)CC1. The van der Waals surface area contributed by atoms with Gasteiger partial charge in [-0.25, -0.2) is 13.4 Å². The summed E-state index contributed by atoms with van der Waals surface area (Å²) in [6.45, 7) is 14.7. The van der Waals surface area contributed by atoms with Gasteiger partial charge < -0.3 is 30.1 Å². The number of piperidine rings is 2. The lowest BCUT2D eigenvalue weighted by atomic mass is 9.99. The molecule has 22 heteroatoms. The van der Waals surface area contributed by atoms with Crippen LogP contribution in [0.2, 0.25) is 0 Å². The second-order valence-corrected chi connectivity index (χ2v) is 21.7. The first-order valence-electron chi connectivity index (χ1n) is 24.8. The average Bonchev–Trinajstić information content (AvgIpc) is 3.71. The van der Waals surface area contributed by atoms with Gasteiger partial charge in [-0.15, -0.1) is 0 Å². The molecule has 10 rings (SSSR count). The summed E-state index contributed by atoms with van der Waals surface area (Å²) in [6, 6.07) is 13.7. The van der Waals surface area contributed by atoms with Crippen LogP contribution in [-0.4, -0.2) is 170 Å². The zero-order valence-corrected chi connectivity index (χ0v) is 43.3. The van der Waals surface area contributed by atoms with E-state index in [2.05, 4.69) is 101 Å². The highest BCUT2D eigenvalue weighted by Crippen LogP contribution is 2.39. The molecule has 2 aromatic heterocycles. The number of halogens is 1. The highest BCUT2D eigenvalue weighted by molar-refractivity contribution is 9.10. The Morgan fingerprint density at radius 1 is 0.819 bits per heavy atom. The van der Waals surface area contributed by atoms with Crippen molar-refractivity contribution in [3.63, 3.8) is 0 Å². The minimum atomic E-state index is -3.65. The second-order valence-electron chi connectivity index (χ2n) is 19.1. The first kappa shape index (κ1) is 49.4. The number of carbonyl (C=O) groups is 3. The van der Waals surface area contributed by atoms with E-state index in [1.807, 2.05) is 12.1 Å². The molecule has 20 nitrogen and oxygen atoms in total. The Labute approximate surface area is 428 Å². The number of sulfonamides is 1. The number of carbonyl (C=O) groups excluding carboxylic acids is 3. The zero-order chi connectivity index (χ0) is 50.1. The lowest BCUT2D eigenvalue weighted by Crippen LogP contribution is -2.55. The molecule has 3 amide bonds.